The van der Waals surface area contributed by atoms with Crippen molar-refractivity contribution in [3.63, 3.8) is 0 Å². The lowest BCUT2D eigenvalue weighted by Gasteiger charge is -1.92. The number of hydrogen-bond acceptors (Lipinski definition) is 5. The molecule has 2 amide bonds. The molecule has 0 fully saturated rings. The molecule has 8 heteroatoms. The smallest absolute Gasteiger partial charge is 0.315 e. The van der Waals surface area contributed by atoms with E-state index in [1.54, 1.807) is 0 Å². The van der Waals surface area contributed by atoms with Gasteiger partial charge >= 0.3 is 11.8 Å². The van der Waals surface area contributed by atoms with Crippen LogP contribution in [-0.2, 0) is 9.59 Å². The van der Waals surface area contributed by atoms with Crippen molar-refractivity contribution in [2.75, 3.05) is 5.32 Å². The second-order valence-electron chi connectivity index (χ2n) is 1.57. The van der Waals surface area contributed by atoms with Crippen molar-refractivity contribution in [2.24, 2.45) is 5.73 Å². The Balaban J connectivity index is 2.57. The lowest BCUT2D eigenvalue weighted by Crippen LogP contribution is -2.29. The van der Waals surface area contributed by atoms with Gasteiger partial charge in [-0.15, -0.1) is 0 Å². The van der Waals surface area contributed by atoms with Gasteiger partial charge in [-0.25, -0.2) is 5.10 Å². The highest BCUT2D eigenvalue weighted by Crippen LogP contribution is 1.87. The summed E-state index contributed by atoms with van der Waals surface area (Å²) in [6.07, 6.45) is 0. The summed E-state index contributed by atoms with van der Waals surface area (Å²) >= 11 is 0. The fourth-order valence-corrected chi connectivity index (χ4v) is 0.381. The lowest BCUT2D eigenvalue weighted by atomic mass is 10.6. The van der Waals surface area contributed by atoms with Crippen LogP contribution in [0.4, 0.5) is 5.95 Å². The molecule has 1 heterocycles. The van der Waals surface area contributed by atoms with Gasteiger partial charge in [0.05, 0.1) is 0 Å². The van der Waals surface area contributed by atoms with Crippen molar-refractivity contribution in [3.05, 3.63) is 0 Å². The molecule has 0 saturated heterocycles. The average molecular weight is 156 g/mol. The van der Waals surface area contributed by atoms with Crippen LogP contribution in [0.1, 0.15) is 0 Å². The Morgan fingerprint density at radius 3 is 2.73 bits per heavy atom. The number of hydrogen-bond donors (Lipinski definition) is 3. The van der Waals surface area contributed by atoms with E-state index >= 15 is 0 Å². The lowest BCUT2D eigenvalue weighted by molar-refractivity contribution is -0.134. The number of rotatable bonds is 1. The molecule has 4 N–H and O–H groups in total. The van der Waals surface area contributed by atoms with Gasteiger partial charge in [0.15, 0.2) is 0 Å². The molecule has 1 aromatic heterocycles. The highest BCUT2D eigenvalue weighted by molar-refractivity contribution is 6.38. The number of primary amides is 1. The first-order valence-electron chi connectivity index (χ1n) is 2.54. The number of carbonyl (C=O) groups is 2. The Morgan fingerprint density at radius 2 is 2.27 bits per heavy atom. The molecule has 0 aliphatic heterocycles. The molecule has 0 aliphatic rings. The topological polar surface area (TPSA) is 127 Å². The van der Waals surface area contributed by atoms with Gasteiger partial charge in [0.25, 0.3) is 0 Å². The summed E-state index contributed by atoms with van der Waals surface area (Å²) in [4.78, 5) is 20.7. The first kappa shape index (κ1) is 7.12. The molecule has 0 aliphatic carbocycles. The van der Waals surface area contributed by atoms with E-state index in [4.69, 9.17) is 0 Å². The Hall–Kier alpha value is -1.99. The van der Waals surface area contributed by atoms with Crippen LogP contribution < -0.4 is 11.1 Å². The van der Waals surface area contributed by atoms with Crippen LogP contribution >= 0.6 is 0 Å². The minimum absolute atomic E-state index is 0.0196. The standard InChI is InChI=1S/C3H4N6O2/c4-1(10)2(11)5-3-6-8-9-7-3/h(H2,4,10)(H2,5,6,7,8,9,11). The van der Waals surface area contributed by atoms with Crippen LogP contribution in [0, 0.1) is 0 Å². The van der Waals surface area contributed by atoms with Crippen molar-refractivity contribution in [1.29, 1.82) is 0 Å². The van der Waals surface area contributed by atoms with Crippen LogP contribution in [-0.4, -0.2) is 32.4 Å². The zero-order valence-corrected chi connectivity index (χ0v) is 5.24. The van der Waals surface area contributed by atoms with Crippen LogP contribution in [0.15, 0.2) is 0 Å². The van der Waals surface area contributed by atoms with Gasteiger partial charge in [0.1, 0.15) is 0 Å². The van der Waals surface area contributed by atoms with Crippen LogP contribution in [0.5, 0.6) is 0 Å². The predicted octanol–water partition coefficient (Wildman–Crippen LogP) is -2.38. The van der Waals surface area contributed by atoms with E-state index in [1.807, 2.05) is 5.32 Å². The number of nitrogens with one attached hydrogen (secondary N) is 2. The normalized spacial score (nSPS) is 9.09. The van der Waals surface area contributed by atoms with E-state index in [-0.39, 0.29) is 5.95 Å². The third-order valence-corrected chi connectivity index (χ3v) is 0.801. The fourth-order valence-electron chi connectivity index (χ4n) is 0.381. The Bertz CT molecular complexity index is 265. The molecule has 0 radical (unpaired) electrons. The maximum Gasteiger partial charge on any atom is 0.315 e. The number of carbonyl (C=O) groups excluding carboxylic acids is 2. The molecule has 0 atom stereocenters. The molecular weight excluding hydrogens is 152 g/mol. The molecule has 0 saturated carbocycles. The van der Waals surface area contributed by atoms with Crippen LogP contribution in [0.2, 0.25) is 0 Å². The third kappa shape index (κ3) is 1.71. The summed E-state index contributed by atoms with van der Waals surface area (Å²) in [5, 5.41) is 13.8. The number of tetrazole rings is 1. The van der Waals surface area contributed by atoms with E-state index in [1.165, 1.54) is 0 Å². The summed E-state index contributed by atoms with van der Waals surface area (Å²) in [6, 6.07) is 0. The number of nitrogens with two attached hydrogens (primary N) is 1. The van der Waals surface area contributed by atoms with Gasteiger partial charge in [0, 0.05) is 0 Å². The summed E-state index contributed by atoms with van der Waals surface area (Å²) in [7, 11) is 0. The molecule has 0 aromatic carbocycles. The van der Waals surface area contributed by atoms with E-state index in [0.29, 0.717) is 0 Å². The molecule has 1 aromatic rings. The second-order valence-corrected chi connectivity index (χ2v) is 1.57. The summed E-state index contributed by atoms with van der Waals surface area (Å²) in [5.74, 6) is -2.08. The van der Waals surface area contributed by atoms with Crippen LogP contribution in [0.3, 0.4) is 0 Å². The van der Waals surface area contributed by atoms with Gasteiger partial charge in [0.2, 0.25) is 5.95 Å². The molecule has 0 bridgehead atoms. The van der Waals surface area contributed by atoms with E-state index in [0.717, 1.165) is 0 Å². The predicted molar refractivity (Wildman–Crippen MR) is 32.0 cm³/mol. The van der Waals surface area contributed by atoms with Crippen molar-refractivity contribution < 1.29 is 9.59 Å². The molecule has 1 rings (SSSR count). The molecule has 0 unspecified atom stereocenters. The molecule has 58 valence electrons. The van der Waals surface area contributed by atoms with Crippen molar-refractivity contribution in [2.45, 2.75) is 0 Å². The van der Waals surface area contributed by atoms with E-state index in [2.05, 4.69) is 26.4 Å². The van der Waals surface area contributed by atoms with Crippen LogP contribution in [0.25, 0.3) is 0 Å². The van der Waals surface area contributed by atoms with E-state index in [9.17, 15) is 9.59 Å². The summed E-state index contributed by atoms with van der Waals surface area (Å²) < 4.78 is 0. The van der Waals surface area contributed by atoms with E-state index < -0.39 is 11.8 Å². The monoisotopic (exact) mass is 156 g/mol. The number of H-pyrrole nitrogens is 1. The minimum atomic E-state index is -1.10. The number of nitrogens with zero attached hydrogens (tertiary/aromatic N) is 3. The summed E-state index contributed by atoms with van der Waals surface area (Å²) in [6.45, 7) is 0. The average Bonchev–Trinajstić information content (AvgIpc) is 2.39. The Labute approximate surface area is 60.1 Å². The maximum absolute atomic E-state index is 10.5. The SMILES string of the molecule is NC(=O)C(=O)Nc1nnn[nH]1. The van der Waals surface area contributed by atoms with Crippen molar-refractivity contribution in [1.82, 2.24) is 20.6 Å². The largest absolute Gasteiger partial charge is 0.361 e. The first-order valence-corrected chi connectivity index (χ1v) is 2.54. The highest BCUT2D eigenvalue weighted by Gasteiger charge is 2.09. The quantitative estimate of drug-likeness (QED) is 0.391. The van der Waals surface area contributed by atoms with Crippen molar-refractivity contribution >= 4 is 17.8 Å². The van der Waals surface area contributed by atoms with Gasteiger partial charge in [-0.05, 0) is 10.4 Å². The van der Waals surface area contributed by atoms with Gasteiger partial charge in [-0.3, -0.25) is 14.9 Å². The fraction of sp³-hybridized carbons (Fsp3) is 0. The molecule has 0 spiro atoms. The van der Waals surface area contributed by atoms with Gasteiger partial charge in [-0.1, -0.05) is 5.10 Å². The zero-order chi connectivity index (χ0) is 8.27. The highest BCUT2D eigenvalue weighted by atomic mass is 16.2. The number of aromatic amines is 1. The molecule has 11 heavy (non-hydrogen) atoms. The first-order chi connectivity index (χ1) is 5.20. The number of amides is 2. The number of anilines is 1. The molecular formula is C3H4N6O2. The second kappa shape index (κ2) is 2.73. The molecule has 8 nitrogen and oxygen atoms in total. The third-order valence-electron chi connectivity index (χ3n) is 0.801. The Morgan fingerprint density at radius 1 is 1.55 bits per heavy atom. The van der Waals surface area contributed by atoms with Crippen molar-refractivity contribution in [3.8, 4) is 0 Å². The summed E-state index contributed by atoms with van der Waals surface area (Å²) in [5.41, 5.74) is 4.62. The van der Waals surface area contributed by atoms with Gasteiger partial charge in [-0.2, -0.15) is 0 Å². The minimum Gasteiger partial charge on any atom is -0.361 e. The Kier molecular flexibility index (Phi) is 1.77. The number of aromatic nitrogens is 4. The maximum atomic E-state index is 10.5. The zero-order valence-electron chi connectivity index (χ0n) is 5.24. The van der Waals surface area contributed by atoms with Gasteiger partial charge < -0.3 is 5.73 Å².